The highest BCUT2D eigenvalue weighted by molar-refractivity contribution is 6.30. The Morgan fingerprint density at radius 1 is 1.00 bits per heavy atom. The molecule has 0 aromatic heterocycles. The van der Waals surface area contributed by atoms with Crippen LogP contribution in [0.15, 0.2) is 42.0 Å². The number of phenols is 2. The van der Waals surface area contributed by atoms with Crippen molar-refractivity contribution in [2.75, 3.05) is 0 Å². The van der Waals surface area contributed by atoms with E-state index in [1.54, 1.807) is 0 Å². The molecule has 0 amide bonds. The number of fused-ring (bicyclic) bond motifs is 2. The van der Waals surface area contributed by atoms with Crippen LogP contribution < -0.4 is 0 Å². The van der Waals surface area contributed by atoms with E-state index >= 15 is 0 Å². The summed E-state index contributed by atoms with van der Waals surface area (Å²) in [5, 5.41) is 20.5. The third-order valence-corrected chi connectivity index (χ3v) is 4.55. The maximum Gasteiger partial charge on any atom is 0.303 e. The number of aromatic hydroxyl groups is 2. The summed E-state index contributed by atoms with van der Waals surface area (Å²) in [6.07, 6.45) is 1.53. The van der Waals surface area contributed by atoms with Gasteiger partial charge < -0.3 is 14.9 Å². The predicted octanol–water partition coefficient (Wildman–Crippen LogP) is 3.83. The molecule has 2 aromatic carbocycles. The van der Waals surface area contributed by atoms with E-state index in [0.717, 1.165) is 5.57 Å². The SMILES string of the molecule is CC(=O)O[C@@H](CC=C(C)C)c1cc(O)c2c(c1)C(=O)c1cccc(O)c1C2=O. The number of ether oxygens (including phenoxy) is 1. The lowest BCUT2D eigenvalue weighted by Crippen LogP contribution is -2.22. The van der Waals surface area contributed by atoms with Crippen LogP contribution >= 0.6 is 0 Å². The minimum atomic E-state index is -0.711. The maximum atomic E-state index is 12.9. The summed E-state index contributed by atoms with van der Waals surface area (Å²) in [6.45, 7) is 5.09. The van der Waals surface area contributed by atoms with Crippen LogP contribution in [-0.4, -0.2) is 27.7 Å². The second-order valence-corrected chi connectivity index (χ2v) is 6.94. The van der Waals surface area contributed by atoms with E-state index in [1.807, 2.05) is 19.9 Å². The van der Waals surface area contributed by atoms with E-state index in [-0.39, 0.29) is 28.0 Å². The molecule has 0 saturated carbocycles. The quantitative estimate of drug-likeness (QED) is 0.527. The van der Waals surface area contributed by atoms with Crippen LogP contribution in [0.3, 0.4) is 0 Å². The van der Waals surface area contributed by atoms with Crippen molar-refractivity contribution >= 4 is 17.5 Å². The van der Waals surface area contributed by atoms with Gasteiger partial charge in [0.2, 0.25) is 5.78 Å². The van der Waals surface area contributed by atoms with Gasteiger partial charge in [0.25, 0.3) is 0 Å². The molecule has 1 atom stereocenters. The second-order valence-electron chi connectivity index (χ2n) is 6.94. The minimum Gasteiger partial charge on any atom is -0.507 e. The Balaban J connectivity index is 2.14. The topological polar surface area (TPSA) is 101 Å². The van der Waals surface area contributed by atoms with Gasteiger partial charge in [-0.3, -0.25) is 14.4 Å². The number of hydrogen-bond donors (Lipinski definition) is 2. The van der Waals surface area contributed by atoms with E-state index in [4.69, 9.17) is 4.74 Å². The van der Waals surface area contributed by atoms with Crippen molar-refractivity contribution in [3.05, 3.63) is 69.8 Å². The van der Waals surface area contributed by atoms with Crippen molar-refractivity contribution in [2.24, 2.45) is 0 Å². The van der Waals surface area contributed by atoms with Crippen LogP contribution in [0.5, 0.6) is 11.5 Å². The van der Waals surface area contributed by atoms with Gasteiger partial charge in [0, 0.05) is 24.5 Å². The van der Waals surface area contributed by atoms with E-state index < -0.39 is 29.4 Å². The molecule has 0 fully saturated rings. The first-order valence-corrected chi connectivity index (χ1v) is 8.79. The number of carbonyl (C=O) groups excluding carboxylic acids is 3. The Kier molecular flexibility index (Phi) is 5.05. The zero-order chi connectivity index (χ0) is 20.6. The van der Waals surface area contributed by atoms with Crippen LogP contribution in [-0.2, 0) is 9.53 Å². The van der Waals surface area contributed by atoms with Crippen molar-refractivity contribution < 1.29 is 29.3 Å². The summed E-state index contributed by atoms with van der Waals surface area (Å²) >= 11 is 0. The average molecular weight is 380 g/mol. The molecule has 0 saturated heterocycles. The van der Waals surface area contributed by atoms with Crippen molar-refractivity contribution in [3.63, 3.8) is 0 Å². The van der Waals surface area contributed by atoms with Gasteiger partial charge in [-0.1, -0.05) is 23.8 Å². The number of allylic oxidation sites excluding steroid dienone is 1. The molecule has 0 bridgehead atoms. The largest absolute Gasteiger partial charge is 0.507 e. The summed E-state index contributed by atoms with van der Waals surface area (Å²) in [5.41, 5.74) is 1.24. The smallest absolute Gasteiger partial charge is 0.303 e. The number of hydrogen-bond acceptors (Lipinski definition) is 6. The van der Waals surface area contributed by atoms with Crippen LogP contribution in [0.25, 0.3) is 0 Å². The molecule has 144 valence electrons. The molecule has 6 nitrogen and oxygen atoms in total. The zero-order valence-electron chi connectivity index (χ0n) is 15.8. The number of ketones is 2. The van der Waals surface area contributed by atoms with Gasteiger partial charge in [-0.05, 0) is 37.6 Å². The highest BCUT2D eigenvalue weighted by Crippen LogP contribution is 2.39. The van der Waals surface area contributed by atoms with Gasteiger partial charge in [-0.25, -0.2) is 0 Å². The summed E-state index contributed by atoms with van der Waals surface area (Å²) in [5.74, 6) is -2.32. The minimum absolute atomic E-state index is 0.0208. The molecule has 28 heavy (non-hydrogen) atoms. The summed E-state index contributed by atoms with van der Waals surface area (Å²) < 4.78 is 5.35. The van der Waals surface area contributed by atoms with Gasteiger partial charge in [0.05, 0.1) is 11.1 Å². The highest BCUT2D eigenvalue weighted by Gasteiger charge is 2.35. The monoisotopic (exact) mass is 380 g/mol. The molecule has 0 heterocycles. The molecule has 3 rings (SSSR count). The Bertz CT molecular complexity index is 1030. The van der Waals surface area contributed by atoms with Crippen molar-refractivity contribution in [2.45, 2.75) is 33.3 Å². The Hall–Kier alpha value is -3.41. The third kappa shape index (κ3) is 3.41. The van der Waals surface area contributed by atoms with E-state index in [0.29, 0.717) is 12.0 Å². The fourth-order valence-electron chi connectivity index (χ4n) is 3.29. The molecule has 1 aliphatic carbocycles. The zero-order valence-corrected chi connectivity index (χ0v) is 15.8. The second kappa shape index (κ2) is 7.31. The summed E-state index contributed by atoms with van der Waals surface area (Å²) in [7, 11) is 0. The number of rotatable bonds is 4. The number of phenolic OH excluding ortho intramolecular Hbond substituents is 2. The Morgan fingerprint density at radius 2 is 1.68 bits per heavy atom. The van der Waals surface area contributed by atoms with Gasteiger partial charge in [-0.15, -0.1) is 0 Å². The molecule has 0 spiro atoms. The average Bonchev–Trinajstić information content (AvgIpc) is 2.62. The van der Waals surface area contributed by atoms with E-state index in [2.05, 4.69) is 0 Å². The van der Waals surface area contributed by atoms with Gasteiger partial charge in [0.15, 0.2) is 5.78 Å². The fraction of sp³-hybridized carbons (Fsp3) is 0.227. The van der Waals surface area contributed by atoms with Crippen molar-refractivity contribution in [1.82, 2.24) is 0 Å². The molecular weight excluding hydrogens is 360 g/mol. The predicted molar refractivity (Wildman–Crippen MR) is 102 cm³/mol. The van der Waals surface area contributed by atoms with E-state index in [9.17, 15) is 24.6 Å². The first-order chi connectivity index (χ1) is 13.2. The lowest BCUT2D eigenvalue weighted by atomic mass is 9.81. The summed E-state index contributed by atoms with van der Waals surface area (Å²) in [6, 6.07) is 7.03. The molecule has 0 aliphatic heterocycles. The highest BCUT2D eigenvalue weighted by atomic mass is 16.5. The number of carbonyl (C=O) groups is 3. The molecular formula is C22H20O6. The normalized spacial score (nSPS) is 13.4. The molecule has 2 aromatic rings. The molecule has 0 radical (unpaired) electrons. The van der Waals surface area contributed by atoms with Crippen molar-refractivity contribution in [3.8, 4) is 11.5 Å². The molecule has 6 heteroatoms. The Morgan fingerprint density at radius 3 is 2.32 bits per heavy atom. The van der Waals surface area contributed by atoms with Crippen LogP contribution in [0.4, 0.5) is 0 Å². The molecule has 1 aliphatic rings. The number of esters is 1. The van der Waals surface area contributed by atoms with Gasteiger partial charge in [-0.2, -0.15) is 0 Å². The summed E-state index contributed by atoms with van der Waals surface area (Å²) in [4.78, 5) is 37.2. The number of benzene rings is 2. The van der Waals surface area contributed by atoms with Crippen LogP contribution in [0.1, 0.15) is 70.7 Å². The molecule has 2 N–H and O–H groups in total. The first-order valence-electron chi connectivity index (χ1n) is 8.79. The van der Waals surface area contributed by atoms with Crippen LogP contribution in [0, 0.1) is 0 Å². The standard InChI is InChI=1S/C22H20O6/c1-11(2)7-8-18(28-12(3)23)13-9-15-20(17(25)10-13)22(27)19-14(21(15)26)5-4-6-16(19)24/h4-7,9-10,18,24-25H,8H2,1-3H3/t18-/m0/s1. The van der Waals surface area contributed by atoms with Crippen LogP contribution in [0.2, 0.25) is 0 Å². The third-order valence-electron chi connectivity index (χ3n) is 4.55. The first kappa shape index (κ1) is 19.4. The Labute approximate surface area is 162 Å². The van der Waals surface area contributed by atoms with E-state index in [1.165, 1.54) is 37.3 Å². The molecule has 0 unspecified atom stereocenters. The lowest BCUT2D eigenvalue weighted by Gasteiger charge is -2.22. The van der Waals surface area contributed by atoms with Crippen molar-refractivity contribution in [1.29, 1.82) is 0 Å². The van der Waals surface area contributed by atoms with Gasteiger partial charge in [0.1, 0.15) is 17.6 Å². The maximum absolute atomic E-state index is 12.9. The lowest BCUT2D eigenvalue weighted by molar-refractivity contribution is -0.146. The fourth-order valence-corrected chi connectivity index (χ4v) is 3.29. The van der Waals surface area contributed by atoms with Gasteiger partial charge >= 0.3 is 5.97 Å².